The first-order valence-corrected chi connectivity index (χ1v) is 9.37. The van der Waals surface area contributed by atoms with Crippen molar-refractivity contribution in [1.29, 1.82) is 0 Å². The summed E-state index contributed by atoms with van der Waals surface area (Å²) in [5, 5.41) is 13.0. The second-order valence-corrected chi connectivity index (χ2v) is 8.63. The Morgan fingerprint density at radius 2 is 2.15 bits per heavy atom. The zero-order chi connectivity index (χ0) is 15.4. The van der Waals surface area contributed by atoms with Crippen LogP contribution in [0.2, 0.25) is 0 Å². The third kappa shape index (κ3) is 4.98. The fraction of sp³-hybridized carbons (Fsp3) is 1.00. The number of nitrogens with one attached hydrogen (secondary N) is 1. The summed E-state index contributed by atoms with van der Waals surface area (Å²) < 4.78 is 23.3. The lowest BCUT2D eigenvalue weighted by Gasteiger charge is -2.41. The van der Waals surface area contributed by atoms with Gasteiger partial charge in [0.15, 0.2) is 9.84 Å². The lowest BCUT2D eigenvalue weighted by atomic mass is 9.93. The van der Waals surface area contributed by atoms with Crippen LogP contribution in [0.5, 0.6) is 0 Å². The number of aliphatic hydroxyl groups excluding tert-OH is 1. The first-order valence-electron chi connectivity index (χ1n) is 7.55. The van der Waals surface area contributed by atoms with Crippen LogP contribution in [-0.2, 0) is 9.84 Å². The molecular weight excluding hydrogens is 276 g/mol. The van der Waals surface area contributed by atoms with Gasteiger partial charge in [-0.2, -0.15) is 0 Å². The molecular formula is C14H30N2O3S. The molecule has 1 fully saturated rings. The Hall–Kier alpha value is -0.170. The van der Waals surface area contributed by atoms with Crippen molar-refractivity contribution in [3.63, 3.8) is 0 Å². The van der Waals surface area contributed by atoms with Crippen LogP contribution in [0.4, 0.5) is 0 Å². The summed E-state index contributed by atoms with van der Waals surface area (Å²) >= 11 is 0. The summed E-state index contributed by atoms with van der Waals surface area (Å²) in [4.78, 5) is 2.25. The summed E-state index contributed by atoms with van der Waals surface area (Å²) in [7, 11) is -2.87. The van der Waals surface area contributed by atoms with Gasteiger partial charge in [-0.25, -0.2) is 8.42 Å². The SMILES string of the molecule is CCCNC(C)(CO)CC(C)N1CCS(=O)(=O)CC1C. The summed E-state index contributed by atoms with van der Waals surface area (Å²) in [6.07, 6.45) is 1.84. The highest BCUT2D eigenvalue weighted by Crippen LogP contribution is 2.21. The molecule has 0 aromatic heterocycles. The summed E-state index contributed by atoms with van der Waals surface area (Å²) in [5.41, 5.74) is -0.300. The third-order valence-corrected chi connectivity index (χ3v) is 5.98. The average molecular weight is 306 g/mol. The van der Waals surface area contributed by atoms with E-state index in [1.54, 1.807) is 0 Å². The first kappa shape index (κ1) is 17.9. The minimum absolute atomic E-state index is 0.0536. The maximum atomic E-state index is 11.6. The fourth-order valence-electron chi connectivity index (χ4n) is 3.05. The van der Waals surface area contributed by atoms with E-state index in [0.29, 0.717) is 6.54 Å². The van der Waals surface area contributed by atoms with Crippen LogP contribution in [0.1, 0.15) is 40.5 Å². The van der Waals surface area contributed by atoms with Crippen LogP contribution < -0.4 is 5.32 Å². The van der Waals surface area contributed by atoms with E-state index in [9.17, 15) is 13.5 Å². The van der Waals surface area contributed by atoms with Crippen molar-refractivity contribution in [3.05, 3.63) is 0 Å². The summed E-state index contributed by atoms with van der Waals surface area (Å²) in [6.45, 7) is 9.81. The van der Waals surface area contributed by atoms with Gasteiger partial charge in [-0.1, -0.05) is 6.92 Å². The van der Waals surface area contributed by atoms with Gasteiger partial charge in [0.1, 0.15) is 0 Å². The molecule has 0 aliphatic carbocycles. The number of aliphatic hydroxyl groups is 1. The molecule has 1 saturated heterocycles. The van der Waals surface area contributed by atoms with Gasteiger partial charge in [0.25, 0.3) is 0 Å². The minimum atomic E-state index is -2.87. The lowest BCUT2D eigenvalue weighted by molar-refractivity contribution is 0.0990. The molecule has 0 aromatic rings. The number of rotatable bonds is 7. The van der Waals surface area contributed by atoms with Crippen molar-refractivity contribution >= 4 is 9.84 Å². The molecule has 120 valence electrons. The molecule has 0 radical (unpaired) electrons. The van der Waals surface area contributed by atoms with Crippen molar-refractivity contribution in [2.24, 2.45) is 0 Å². The largest absolute Gasteiger partial charge is 0.394 e. The van der Waals surface area contributed by atoms with E-state index in [1.165, 1.54) is 0 Å². The molecule has 0 aromatic carbocycles. The maximum Gasteiger partial charge on any atom is 0.153 e. The maximum absolute atomic E-state index is 11.6. The fourth-order valence-corrected chi connectivity index (χ4v) is 4.64. The Bertz CT molecular complexity index is 399. The van der Waals surface area contributed by atoms with E-state index in [-0.39, 0.29) is 35.7 Å². The van der Waals surface area contributed by atoms with Crippen LogP contribution in [0.15, 0.2) is 0 Å². The predicted molar refractivity (Wildman–Crippen MR) is 82.7 cm³/mol. The average Bonchev–Trinajstić information content (AvgIpc) is 2.35. The van der Waals surface area contributed by atoms with Gasteiger partial charge in [-0.05, 0) is 40.2 Å². The molecule has 20 heavy (non-hydrogen) atoms. The molecule has 5 nitrogen and oxygen atoms in total. The van der Waals surface area contributed by atoms with Crippen LogP contribution in [-0.4, -0.2) is 67.2 Å². The topological polar surface area (TPSA) is 69.6 Å². The van der Waals surface area contributed by atoms with Crippen molar-refractivity contribution in [2.75, 3.05) is 31.2 Å². The first-order chi connectivity index (χ1) is 9.23. The van der Waals surface area contributed by atoms with E-state index in [0.717, 1.165) is 19.4 Å². The predicted octanol–water partition coefficient (Wildman–Crippen LogP) is 0.635. The van der Waals surface area contributed by atoms with Gasteiger partial charge in [-0.15, -0.1) is 0 Å². The number of hydrogen-bond acceptors (Lipinski definition) is 5. The molecule has 0 amide bonds. The monoisotopic (exact) mass is 306 g/mol. The van der Waals surface area contributed by atoms with Crippen molar-refractivity contribution in [1.82, 2.24) is 10.2 Å². The number of nitrogens with zero attached hydrogens (tertiary/aromatic N) is 1. The highest BCUT2D eigenvalue weighted by atomic mass is 32.2. The molecule has 0 spiro atoms. The smallest absolute Gasteiger partial charge is 0.153 e. The van der Waals surface area contributed by atoms with Gasteiger partial charge < -0.3 is 10.4 Å². The molecule has 1 aliphatic rings. The molecule has 3 atom stereocenters. The van der Waals surface area contributed by atoms with E-state index in [4.69, 9.17) is 0 Å². The van der Waals surface area contributed by atoms with E-state index >= 15 is 0 Å². The molecule has 2 N–H and O–H groups in total. The molecule has 6 heteroatoms. The third-order valence-electron chi connectivity index (χ3n) is 4.18. The molecule has 1 aliphatic heterocycles. The normalized spacial score (nSPS) is 27.9. The van der Waals surface area contributed by atoms with E-state index in [1.807, 2.05) is 13.8 Å². The Balaban J connectivity index is 2.63. The Morgan fingerprint density at radius 1 is 1.50 bits per heavy atom. The van der Waals surface area contributed by atoms with Crippen LogP contribution in [0.25, 0.3) is 0 Å². The zero-order valence-electron chi connectivity index (χ0n) is 13.2. The van der Waals surface area contributed by atoms with E-state index in [2.05, 4.69) is 24.1 Å². The standard InChI is InChI=1S/C14H30N2O3S/c1-5-6-15-14(4,11-17)9-12(2)16-7-8-20(18,19)10-13(16)3/h12-13,15,17H,5-11H2,1-4H3. The van der Waals surface area contributed by atoms with Crippen LogP contribution in [0.3, 0.4) is 0 Å². The van der Waals surface area contributed by atoms with Gasteiger partial charge in [0, 0.05) is 24.2 Å². The summed E-state index contributed by atoms with van der Waals surface area (Å²) in [6, 6.07) is 0.305. The summed E-state index contributed by atoms with van der Waals surface area (Å²) in [5.74, 6) is 0.496. The van der Waals surface area contributed by atoms with E-state index < -0.39 is 9.84 Å². The second-order valence-electron chi connectivity index (χ2n) is 6.40. The van der Waals surface area contributed by atoms with Crippen LogP contribution in [0, 0.1) is 0 Å². The Labute approximate surface area is 123 Å². The van der Waals surface area contributed by atoms with Crippen molar-refractivity contribution in [2.45, 2.75) is 58.2 Å². The van der Waals surface area contributed by atoms with Gasteiger partial charge >= 0.3 is 0 Å². The molecule has 1 heterocycles. The number of sulfone groups is 1. The van der Waals surface area contributed by atoms with Gasteiger partial charge in [-0.3, -0.25) is 4.90 Å². The zero-order valence-corrected chi connectivity index (χ0v) is 14.0. The van der Waals surface area contributed by atoms with Gasteiger partial charge in [0.2, 0.25) is 0 Å². The number of hydrogen-bond donors (Lipinski definition) is 2. The highest BCUT2D eigenvalue weighted by Gasteiger charge is 2.34. The second kappa shape index (κ2) is 7.20. The van der Waals surface area contributed by atoms with Gasteiger partial charge in [0.05, 0.1) is 18.1 Å². The molecule has 1 rings (SSSR count). The Morgan fingerprint density at radius 3 is 2.65 bits per heavy atom. The van der Waals surface area contributed by atoms with Crippen molar-refractivity contribution < 1.29 is 13.5 Å². The molecule has 3 unspecified atom stereocenters. The molecule has 0 bridgehead atoms. The lowest BCUT2D eigenvalue weighted by Crippen LogP contribution is -2.55. The highest BCUT2D eigenvalue weighted by molar-refractivity contribution is 7.91. The van der Waals surface area contributed by atoms with Crippen molar-refractivity contribution in [3.8, 4) is 0 Å². The quantitative estimate of drug-likeness (QED) is 0.722. The minimum Gasteiger partial charge on any atom is -0.394 e. The Kier molecular flexibility index (Phi) is 6.44. The molecule has 0 saturated carbocycles. The van der Waals surface area contributed by atoms with Crippen LogP contribution >= 0.6 is 0 Å².